The fourth-order valence-electron chi connectivity index (χ4n) is 3.11. The van der Waals surface area contributed by atoms with Crippen LogP contribution in [0.3, 0.4) is 0 Å². The summed E-state index contributed by atoms with van der Waals surface area (Å²) in [6.07, 6.45) is 0.254. The second kappa shape index (κ2) is 6.93. The number of amides is 2. The van der Waals surface area contributed by atoms with Crippen molar-refractivity contribution in [3.63, 3.8) is 0 Å². The van der Waals surface area contributed by atoms with Crippen LogP contribution in [-0.4, -0.2) is 18.4 Å². The minimum Gasteiger partial charge on any atom is -0.326 e. The largest absolute Gasteiger partial charge is 0.326 e. The van der Waals surface area contributed by atoms with E-state index in [0.29, 0.717) is 6.54 Å². The normalized spacial score (nSPS) is 17.2. The van der Waals surface area contributed by atoms with Crippen LogP contribution >= 0.6 is 22.6 Å². The number of nitrogens with one attached hydrogen (secondary N) is 1. The third-order valence-corrected chi connectivity index (χ3v) is 5.04. The Morgan fingerprint density at radius 1 is 1.12 bits per heavy atom. The van der Waals surface area contributed by atoms with Crippen LogP contribution in [-0.2, 0) is 9.59 Å². The second-order valence-corrected chi connectivity index (χ2v) is 7.39. The van der Waals surface area contributed by atoms with Gasteiger partial charge >= 0.3 is 0 Å². The van der Waals surface area contributed by atoms with Gasteiger partial charge in [-0.3, -0.25) is 9.59 Å². The maximum absolute atomic E-state index is 12.5. The van der Waals surface area contributed by atoms with Crippen molar-refractivity contribution in [2.45, 2.75) is 20.3 Å². The Morgan fingerprint density at radius 2 is 1.75 bits per heavy atom. The van der Waals surface area contributed by atoms with Gasteiger partial charge in [0.1, 0.15) is 0 Å². The Balaban J connectivity index is 1.74. The lowest BCUT2D eigenvalue weighted by molar-refractivity contribution is -0.122. The van der Waals surface area contributed by atoms with Gasteiger partial charge in [0.05, 0.1) is 5.92 Å². The fourth-order valence-corrected chi connectivity index (χ4v) is 3.47. The summed E-state index contributed by atoms with van der Waals surface area (Å²) < 4.78 is 1.11. The number of nitrogens with zero attached hydrogens (tertiary/aromatic N) is 1. The summed E-state index contributed by atoms with van der Waals surface area (Å²) in [5, 5.41) is 2.91. The van der Waals surface area contributed by atoms with Crippen LogP contribution in [0.25, 0.3) is 0 Å². The number of hydrogen-bond donors (Lipinski definition) is 1. The summed E-state index contributed by atoms with van der Waals surface area (Å²) in [6, 6.07) is 13.6. The maximum atomic E-state index is 12.5. The molecular weight excluding hydrogens is 415 g/mol. The van der Waals surface area contributed by atoms with Gasteiger partial charge in [-0.05, 0) is 71.8 Å². The molecular formula is C19H19IN2O2. The van der Waals surface area contributed by atoms with Gasteiger partial charge in [0.25, 0.3) is 0 Å². The van der Waals surface area contributed by atoms with E-state index in [1.165, 1.54) is 0 Å². The van der Waals surface area contributed by atoms with Crippen LogP contribution in [0.5, 0.6) is 0 Å². The van der Waals surface area contributed by atoms with Gasteiger partial charge in [-0.25, -0.2) is 0 Å². The first kappa shape index (κ1) is 17.0. The third-order valence-electron chi connectivity index (χ3n) is 4.32. The number of carbonyl (C=O) groups excluding carboxylic acids is 2. The molecule has 4 nitrogen and oxygen atoms in total. The maximum Gasteiger partial charge on any atom is 0.229 e. The Morgan fingerprint density at radius 3 is 2.38 bits per heavy atom. The second-order valence-electron chi connectivity index (χ2n) is 6.14. The highest BCUT2D eigenvalue weighted by Crippen LogP contribution is 2.31. The average molecular weight is 434 g/mol. The summed E-state index contributed by atoms with van der Waals surface area (Å²) in [7, 11) is 0. The number of halogens is 1. The molecule has 1 aliphatic heterocycles. The molecule has 0 aliphatic carbocycles. The summed E-state index contributed by atoms with van der Waals surface area (Å²) in [5.74, 6) is -0.413. The third kappa shape index (κ3) is 3.45. The molecule has 1 heterocycles. The van der Waals surface area contributed by atoms with Gasteiger partial charge in [-0.1, -0.05) is 18.2 Å². The smallest absolute Gasteiger partial charge is 0.229 e. The van der Waals surface area contributed by atoms with E-state index in [0.717, 1.165) is 26.1 Å². The highest BCUT2D eigenvalue weighted by atomic mass is 127. The molecule has 1 saturated heterocycles. The molecule has 1 fully saturated rings. The molecule has 2 amide bonds. The first-order chi connectivity index (χ1) is 11.5. The number of hydrogen-bond acceptors (Lipinski definition) is 2. The van der Waals surface area contributed by atoms with Crippen molar-refractivity contribution in [3.05, 3.63) is 57.2 Å². The van der Waals surface area contributed by atoms with Gasteiger partial charge in [-0.15, -0.1) is 0 Å². The Hall–Kier alpha value is -1.89. The number of aryl methyl sites for hydroxylation is 2. The molecule has 24 heavy (non-hydrogen) atoms. The molecule has 0 aromatic heterocycles. The number of carbonyl (C=O) groups is 2. The molecule has 0 unspecified atom stereocenters. The van der Waals surface area contributed by atoms with Crippen LogP contribution in [0, 0.1) is 23.3 Å². The van der Waals surface area contributed by atoms with Crippen molar-refractivity contribution in [1.82, 2.24) is 0 Å². The highest BCUT2D eigenvalue weighted by molar-refractivity contribution is 14.1. The van der Waals surface area contributed by atoms with Crippen LogP contribution in [0.4, 0.5) is 11.4 Å². The van der Waals surface area contributed by atoms with Gasteiger partial charge in [0.2, 0.25) is 11.8 Å². The van der Waals surface area contributed by atoms with Crippen molar-refractivity contribution in [2.24, 2.45) is 5.92 Å². The van der Waals surface area contributed by atoms with Gasteiger partial charge in [0, 0.05) is 27.9 Å². The molecule has 1 atom stereocenters. The van der Waals surface area contributed by atoms with Crippen molar-refractivity contribution in [3.8, 4) is 0 Å². The topological polar surface area (TPSA) is 49.4 Å². The molecule has 0 radical (unpaired) electrons. The molecule has 2 aromatic carbocycles. The molecule has 0 bridgehead atoms. The predicted octanol–water partition coefficient (Wildman–Crippen LogP) is 3.90. The van der Waals surface area contributed by atoms with E-state index in [9.17, 15) is 9.59 Å². The lowest BCUT2D eigenvalue weighted by Gasteiger charge is -2.21. The summed E-state index contributed by atoms with van der Waals surface area (Å²) in [4.78, 5) is 26.7. The first-order valence-corrected chi connectivity index (χ1v) is 8.96. The average Bonchev–Trinajstić information content (AvgIpc) is 2.91. The molecule has 1 aliphatic rings. The van der Waals surface area contributed by atoms with Crippen LogP contribution in [0.2, 0.25) is 0 Å². The number of benzene rings is 2. The fraction of sp³-hybridized carbons (Fsp3) is 0.263. The molecule has 3 rings (SSSR count). The molecule has 124 valence electrons. The standard InChI is InChI=1S/C19H19IN2O2/c1-12-4-3-5-13(2)18(12)22-11-14(10-17(22)23)19(24)21-16-8-6-15(20)7-9-16/h3-9,14H,10-11H2,1-2H3,(H,21,24)/t14-/m0/s1. The van der Waals surface area contributed by atoms with E-state index >= 15 is 0 Å². The van der Waals surface area contributed by atoms with Crippen LogP contribution in [0.15, 0.2) is 42.5 Å². The van der Waals surface area contributed by atoms with Crippen molar-refractivity contribution < 1.29 is 9.59 Å². The van der Waals surface area contributed by atoms with Crippen molar-refractivity contribution in [1.29, 1.82) is 0 Å². The van der Waals surface area contributed by atoms with E-state index in [-0.39, 0.29) is 24.2 Å². The lowest BCUT2D eigenvalue weighted by Crippen LogP contribution is -2.29. The van der Waals surface area contributed by atoms with Crippen LogP contribution in [0.1, 0.15) is 17.5 Å². The Labute approximate surface area is 155 Å². The number of rotatable bonds is 3. The van der Waals surface area contributed by atoms with Gasteiger partial charge < -0.3 is 10.2 Å². The minimum absolute atomic E-state index is 0.00941. The molecule has 2 aromatic rings. The number of anilines is 2. The summed E-state index contributed by atoms with van der Waals surface area (Å²) in [5.41, 5.74) is 3.81. The lowest BCUT2D eigenvalue weighted by atomic mass is 10.1. The zero-order chi connectivity index (χ0) is 17.3. The predicted molar refractivity (Wildman–Crippen MR) is 104 cm³/mol. The SMILES string of the molecule is Cc1cccc(C)c1N1C[C@@H](C(=O)Nc2ccc(I)cc2)CC1=O. The van der Waals surface area contributed by atoms with E-state index in [1.807, 2.05) is 56.3 Å². The summed E-state index contributed by atoms with van der Waals surface area (Å²) >= 11 is 2.22. The van der Waals surface area contributed by atoms with E-state index in [2.05, 4.69) is 27.9 Å². The van der Waals surface area contributed by atoms with E-state index < -0.39 is 0 Å². The van der Waals surface area contributed by atoms with Gasteiger partial charge in [-0.2, -0.15) is 0 Å². The molecule has 1 N–H and O–H groups in total. The highest BCUT2D eigenvalue weighted by Gasteiger charge is 2.36. The Kier molecular flexibility index (Phi) is 4.89. The summed E-state index contributed by atoms with van der Waals surface area (Å²) in [6.45, 7) is 4.42. The molecule has 0 saturated carbocycles. The van der Waals surface area contributed by atoms with E-state index in [4.69, 9.17) is 0 Å². The molecule has 5 heteroatoms. The Bertz CT molecular complexity index is 766. The van der Waals surface area contributed by atoms with Crippen LogP contribution < -0.4 is 10.2 Å². The minimum atomic E-state index is -0.323. The monoisotopic (exact) mass is 434 g/mol. The zero-order valence-electron chi connectivity index (χ0n) is 13.7. The zero-order valence-corrected chi connectivity index (χ0v) is 15.8. The first-order valence-electron chi connectivity index (χ1n) is 7.88. The van der Waals surface area contributed by atoms with Crippen molar-refractivity contribution >= 4 is 45.8 Å². The van der Waals surface area contributed by atoms with Crippen molar-refractivity contribution in [2.75, 3.05) is 16.8 Å². The quantitative estimate of drug-likeness (QED) is 0.746. The van der Waals surface area contributed by atoms with E-state index in [1.54, 1.807) is 4.90 Å². The van der Waals surface area contributed by atoms with Gasteiger partial charge in [0.15, 0.2) is 0 Å². The molecule has 0 spiro atoms. The number of para-hydroxylation sites is 1.